The Morgan fingerprint density at radius 2 is 1.96 bits per heavy atom. The molecule has 2 aromatic heterocycles. The molecule has 0 aliphatic heterocycles. The van der Waals surface area contributed by atoms with Gasteiger partial charge >= 0.3 is 0 Å². The normalized spacial score (nSPS) is 11.6. The third kappa shape index (κ3) is 3.80. The first-order valence-electron chi connectivity index (χ1n) is 7.73. The van der Waals surface area contributed by atoms with Crippen LogP contribution in [-0.2, 0) is 16.4 Å². The van der Waals surface area contributed by atoms with E-state index < -0.39 is 10.0 Å². The average molecular weight is 441 g/mol. The van der Waals surface area contributed by atoms with Crippen LogP contribution in [0.2, 0.25) is 0 Å². The summed E-state index contributed by atoms with van der Waals surface area (Å²) < 4.78 is 33.8. The quantitative estimate of drug-likeness (QED) is 0.569. The third-order valence-corrected chi connectivity index (χ3v) is 7.44. The molecule has 2 heterocycles. The molecular formula is C17H17BrN2O3S2. The van der Waals surface area contributed by atoms with Gasteiger partial charge in [-0.3, -0.25) is 0 Å². The standard InChI is InChI=1S/C17H17BrN2O3S2/c1-3-4-12-5-7-13(8-6-12)14-9-10-24-17(14)25(21,22)20-16-15(18)11(2)19-23-16/h5-10,20H,3-4H2,1-2H3. The average Bonchev–Trinajstić information content (AvgIpc) is 3.19. The van der Waals surface area contributed by atoms with E-state index in [4.69, 9.17) is 4.52 Å². The second kappa shape index (κ2) is 7.31. The summed E-state index contributed by atoms with van der Waals surface area (Å²) in [6.07, 6.45) is 2.09. The summed E-state index contributed by atoms with van der Waals surface area (Å²) in [5.74, 6) is 0.0788. The monoisotopic (exact) mass is 440 g/mol. The largest absolute Gasteiger partial charge is 0.336 e. The molecule has 5 nitrogen and oxygen atoms in total. The molecule has 0 saturated carbocycles. The molecule has 0 radical (unpaired) electrons. The first-order chi connectivity index (χ1) is 11.9. The fourth-order valence-corrected chi connectivity index (χ4v) is 5.21. The number of rotatable bonds is 6. The number of aryl methyl sites for hydroxylation is 2. The van der Waals surface area contributed by atoms with Crippen molar-refractivity contribution in [1.29, 1.82) is 0 Å². The zero-order valence-electron chi connectivity index (χ0n) is 13.7. The highest BCUT2D eigenvalue weighted by Gasteiger charge is 2.24. The highest BCUT2D eigenvalue weighted by molar-refractivity contribution is 9.10. The number of anilines is 1. The van der Waals surface area contributed by atoms with Crippen molar-refractivity contribution in [3.8, 4) is 11.1 Å². The molecule has 0 aliphatic carbocycles. The maximum Gasteiger partial charge on any atom is 0.274 e. The summed E-state index contributed by atoms with van der Waals surface area (Å²) in [6.45, 7) is 3.85. The Labute approximate surface area is 159 Å². The van der Waals surface area contributed by atoms with Crippen LogP contribution in [0.3, 0.4) is 0 Å². The molecule has 0 unspecified atom stereocenters. The molecule has 0 aliphatic rings. The van der Waals surface area contributed by atoms with Gasteiger partial charge in [0.25, 0.3) is 15.9 Å². The minimum Gasteiger partial charge on any atom is -0.336 e. The van der Waals surface area contributed by atoms with Crippen LogP contribution in [0.15, 0.2) is 48.9 Å². The zero-order valence-corrected chi connectivity index (χ0v) is 17.0. The van der Waals surface area contributed by atoms with Gasteiger partial charge in [0.15, 0.2) is 0 Å². The zero-order chi connectivity index (χ0) is 18.0. The molecular weight excluding hydrogens is 424 g/mol. The topological polar surface area (TPSA) is 72.2 Å². The molecule has 0 spiro atoms. The van der Waals surface area contributed by atoms with Crippen molar-refractivity contribution < 1.29 is 12.9 Å². The minimum atomic E-state index is -3.77. The van der Waals surface area contributed by atoms with Crippen molar-refractivity contribution in [3.05, 3.63) is 51.4 Å². The predicted octanol–water partition coefficient (Wildman–Crippen LogP) is 5.23. The Morgan fingerprint density at radius 1 is 1.24 bits per heavy atom. The van der Waals surface area contributed by atoms with Gasteiger partial charge in [0.05, 0.1) is 5.69 Å². The Morgan fingerprint density at radius 3 is 2.56 bits per heavy atom. The molecule has 132 valence electrons. The lowest BCUT2D eigenvalue weighted by molar-refractivity contribution is 0.430. The van der Waals surface area contributed by atoms with E-state index >= 15 is 0 Å². The van der Waals surface area contributed by atoms with E-state index in [0.717, 1.165) is 18.4 Å². The van der Waals surface area contributed by atoms with Crippen molar-refractivity contribution >= 4 is 43.2 Å². The van der Waals surface area contributed by atoms with Gasteiger partial charge in [-0.05, 0) is 51.8 Å². The highest BCUT2D eigenvalue weighted by Crippen LogP contribution is 2.35. The first kappa shape index (κ1) is 18.2. The Kier molecular flexibility index (Phi) is 5.31. The fraction of sp³-hybridized carbons (Fsp3) is 0.235. The van der Waals surface area contributed by atoms with Crippen LogP contribution in [0.1, 0.15) is 24.6 Å². The van der Waals surface area contributed by atoms with Crippen LogP contribution >= 0.6 is 27.3 Å². The second-order valence-corrected chi connectivity index (χ2v) is 9.17. The van der Waals surface area contributed by atoms with Gasteiger partial charge in [0.1, 0.15) is 8.68 Å². The number of hydrogen-bond acceptors (Lipinski definition) is 5. The SMILES string of the molecule is CCCc1ccc(-c2ccsc2S(=O)(=O)Nc2onc(C)c2Br)cc1. The molecule has 0 fully saturated rings. The molecule has 0 bridgehead atoms. The number of halogens is 1. The number of sulfonamides is 1. The smallest absolute Gasteiger partial charge is 0.274 e. The maximum absolute atomic E-state index is 12.8. The van der Waals surface area contributed by atoms with Crippen molar-refractivity contribution in [3.63, 3.8) is 0 Å². The summed E-state index contributed by atoms with van der Waals surface area (Å²) >= 11 is 4.44. The van der Waals surface area contributed by atoms with E-state index in [2.05, 4.69) is 32.7 Å². The van der Waals surface area contributed by atoms with Crippen LogP contribution < -0.4 is 4.72 Å². The molecule has 3 aromatic rings. The fourth-order valence-electron chi connectivity index (χ4n) is 2.45. The van der Waals surface area contributed by atoms with Crippen molar-refractivity contribution in [2.75, 3.05) is 4.72 Å². The predicted molar refractivity (Wildman–Crippen MR) is 103 cm³/mol. The van der Waals surface area contributed by atoms with E-state index in [1.807, 2.05) is 30.3 Å². The number of thiophene rings is 1. The number of aromatic nitrogens is 1. The van der Waals surface area contributed by atoms with Crippen molar-refractivity contribution in [1.82, 2.24) is 5.16 Å². The molecule has 0 amide bonds. The summed E-state index contributed by atoms with van der Waals surface area (Å²) in [6, 6.07) is 9.81. The van der Waals surface area contributed by atoms with Crippen LogP contribution in [0.4, 0.5) is 5.88 Å². The Balaban J connectivity index is 1.93. The lowest BCUT2D eigenvalue weighted by Gasteiger charge is -2.07. The maximum atomic E-state index is 12.8. The third-order valence-electron chi connectivity index (χ3n) is 3.70. The molecule has 25 heavy (non-hydrogen) atoms. The van der Waals surface area contributed by atoms with E-state index in [9.17, 15) is 8.42 Å². The van der Waals surface area contributed by atoms with Crippen LogP contribution in [0, 0.1) is 6.92 Å². The van der Waals surface area contributed by atoms with Gasteiger partial charge in [-0.1, -0.05) is 42.8 Å². The molecule has 0 atom stereocenters. The molecule has 1 N–H and O–H groups in total. The number of nitrogens with zero attached hydrogens (tertiary/aromatic N) is 1. The summed E-state index contributed by atoms with van der Waals surface area (Å²) in [7, 11) is -3.77. The first-order valence-corrected chi connectivity index (χ1v) is 10.9. The van der Waals surface area contributed by atoms with E-state index in [-0.39, 0.29) is 10.1 Å². The summed E-state index contributed by atoms with van der Waals surface area (Å²) in [4.78, 5) is 0. The highest BCUT2D eigenvalue weighted by atomic mass is 79.9. The van der Waals surface area contributed by atoms with Crippen LogP contribution in [0.5, 0.6) is 0 Å². The molecule has 0 saturated heterocycles. The van der Waals surface area contributed by atoms with Crippen molar-refractivity contribution in [2.45, 2.75) is 30.9 Å². The minimum absolute atomic E-state index is 0.0788. The summed E-state index contributed by atoms with van der Waals surface area (Å²) in [5, 5.41) is 5.51. The van der Waals surface area contributed by atoms with E-state index in [0.29, 0.717) is 15.7 Å². The van der Waals surface area contributed by atoms with Gasteiger partial charge in [-0.25, -0.2) is 13.1 Å². The lowest BCUT2D eigenvalue weighted by atomic mass is 10.0. The molecule has 1 aromatic carbocycles. The Bertz CT molecular complexity index is 976. The van der Waals surface area contributed by atoms with Crippen LogP contribution in [0.25, 0.3) is 11.1 Å². The van der Waals surface area contributed by atoms with Gasteiger partial charge in [-0.15, -0.1) is 11.3 Å². The second-order valence-electron chi connectivity index (χ2n) is 5.59. The number of nitrogens with one attached hydrogen (secondary N) is 1. The van der Waals surface area contributed by atoms with Gasteiger partial charge in [0.2, 0.25) is 0 Å². The van der Waals surface area contributed by atoms with E-state index in [1.165, 1.54) is 16.9 Å². The van der Waals surface area contributed by atoms with Gasteiger partial charge in [-0.2, -0.15) is 0 Å². The van der Waals surface area contributed by atoms with Gasteiger partial charge < -0.3 is 4.52 Å². The number of hydrogen-bond donors (Lipinski definition) is 1. The van der Waals surface area contributed by atoms with E-state index in [1.54, 1.807) is 12.3 Å². The van der Waals surface area contributed by atoms with Crippen LogP contribution in [-0.4, -0.2) is 13.6 Å². The lowest BCUT2D eigenvalue weighted by Crippen LogP contribution is -2.12. The van der Waals surface area contributed by atoms with Crippen molar-refractivity contribution in [2.24, 2.45) is 0 Å². The molecule has 8 heteroatoms. The van der Waals surface area contributed by atoms with Gasteiger partial charge in [0, 0.05) is 5.56 Å². The summed E-state index contributed by atoms with van der Waals surface area (Å²) in [5.41, 5.74) is 3.36. The molecule has 3 rings (SSSR count). The Hall–Kier alpha value is -1.64. The number of benzene rings is 1.